The van der Waals surface area contributed by atoms with Crippen molar-refractivity contribution in [2.24, 2.45) is 5.92 Å². The predicted octanol–water partition coefficient (Wildman–Crippen LogP) is 0.618. The molecule has 1 aliphatic heterocycles. The Bertz CT molecular complexity index is 807. The van der Waals surface area contributed by atoms with Crippen LogP contribution in [-0.2, 0) is 16.0 Å². The lowest BCUT2D eigenvalue weighted by Gasteiger charge is -2.28. The Morgan fingerprint density at radius 3 is 3.09 bits per heavy atom. The number of aromatic amines is 1. The summed E-state index contributed by atoms with van der Waals surface area (Å²) in [5.41, 5.74) is 2.31. The second kappa shape index (κ2) is 5.90. The molecule has 2 unspecified atom stereocenters. The predicted molar refractivity (Wildman–Crippen MR) is 81.6 cm³/mol. The summed E-state index contributed by atoms with van der Waals surface area (Å²) in [5, 5.41) is 1.99. The maximum Gasteiger partial charge on any atom is 0.347 e. The average molecular weight is 321 g/mol. The molecule has 7 nitrogen and oxygen atoms in total. The summed E-state index contributed by atoms with van der Waals surface area (Å²) in [6.45, 7) is 2.33. The first-order valence-electron chi connectivity index (χ1n) is 6.87. The van der Waals surface area contributed by atoms with Gasteiger partial charge in [0.15, 0.2) is 0 Å². The molecular formula is C14H15N3O4S. The number of carbonyl (C=O) groups excluding carboxylic acids is 1. The molecule has 0 radical (unpaired) electrons. The van der Waals surface area contributed by atoms with Crippen molar-refractivity contribution in [2.45, 2.75) is 19.4 Å². The van der Waals surface area contributed by atoms with E-state index in [9.17, 15) is 14.4 Å². The van der Waals surface area contributed by atoms with Crippen molar-refractivity contribution in [3.05, 3.63) is 55.0 Å². The van der Waals surface area contributed by atoms with Crippen LogP contribution >= 0.6 is 11.3 Å². The lowest BCUT2D eigenvalue weighted by Crippen LogP contribution is -2.40. The average Bonchev–Trinajstić information content (AvgIpc) is 2.97. The molecule has 0 aliphatic carbocycles. The zero-order chi connectivity index (χ0) is 15.7. The quantitative estimate of drug-likeness (QED) is 0.866. The Balaban J connectivity index is 1.78. The molecule has 0 fully saturated rings. The third-order valence-electron chi connectivity index (χ3n) is 3.64. The highest BCUT2D eigenvalue weighted by Gasteiger charge is 2.31. The summed E-state index contributed by atoms with van der Waals surface area (Å²) >= 11 is 1.66. The number of thiophene rings is 1. The van der Waals surface area contributed by atoms with E-state index < -0.39 is 17.2 Å². The lowest BCUT2D eigenvalue weighted by molar-refractivity contribution is -0.126. The number of nitrogens with zero attached hydrogens (tertiary/aromatic N) is 1. The SMILES string of the molecule is CC(C(=O)Nn1ccc(=O)[nH]c1=O)C1OCCc2sccc21. The van der Waals surface area contributed by atoms with Crippen molar-refractivity contribution < 1.29 is 9.53 Å². The fourth-order valence-electron chi connectivity index (χ4n) is 2.45. The van der Waals surface area contributed by atoms with Crippen molar-refractivity contribution in [3.8, 4) is 0 Å². The number of rotatable bonds is 3. The van der Waals surface area contributed by atoms with Crippen LogP contribution in [0.2, 0.25) is 0 Å². The Kier molecular flexibility index (Phi) is 3.95. The number of fused-ring (bicyclic) bond motifs is 1. The normalized spacial score (nSPS) is 18.5. The second-order valence-corrected chi connectivity index (χ2v) is 6.09. The van der Waals surface area contributed by atoms with Crippen LogP contribution in [0.4, 0.5) is 0 Å². The molecule has 0 saturated carbocycles. The van der Waals surface area contributed by atoms with Gasteiger partial charge in [-0.1, -0.05) is 6.92 Å². The maximum absolute atomic E-state index is 12.3. The van der Waals surface area contributed by atoms with Crippen LogP contribution in [0.3, 0.4) is 0 Å². The monoisotopic (exact) mass is 321 g/mol. The maximum atomic E-state index is 12.3. The number of amides is 1. The fraction of sp³-hybridized carbons (Fsp3) is 0.357. The van der Waals surface area contributed by atoms with Crippen LogP contribution in [-0.4, -0.2) is 22.2 Å². The summed E-state index contributed by atoms with van der Waals surface area (Å²) in [7, 11) is 0. The smallest absolute Gasteiger partial charge is 0.347 e. The standard InChI is InChI=1S/C14H15N3O4S/c1-8(12-9-4-7-22-10(9)3-6-21-12)13(19)16-17-5-2-11(18)15-14(17)20/h2,4-5,7-8,12H,3,6H2,1H3,(H,16,19)(H,15,18,20). The number of nitrogens with one attached hydrogen (secondary N) is 2. The van der Waals surface area contributed by atoms with E-state index >= 15 is 0 Å². The Labute approximate surface area is 129 Å². The van der Waals surface area contributed by atoms with Gasteiger partial charge in [0.05, 0.1) is 18.6 Å². The molecule has 3 rings (SSSR count). The minimum Gasteiger partial charge on any atom is -0.372 e. The molecule has 0 bridgehead atoms. The van der Waals surface area contributed by atoms with E-state index in [-0.39, 0.29) is 12.0 Å². The third-order valence-corrected chi connectivity index (χ3v) is 4.63. The molecule has 3 heterocycles. The van der Waals surface area contributed by atoms with E-state index in [4.69, 9.17) is 4.74 Å². The largest absolute Gasteiger partial charge is 0.372 e. The van der Waals surface area contributed by atoms with E-state index in [0.717, 1.165) is 16.7 Å². The van der Waals surface area contributed by atoms with Gasteiger partial charge in [0.2, 0.25) is 5.91 Å². The van der Waals surface area contributed by atoms with Gasteiger partial charge in [0.25, 0.3) is 5.56 Å². The van der Waals surface area contributed by atoms with Crippen molar-refractivity contribution in [1.82, 2.24) is 9.66 Å². The first-order valence-corrected chi connectivity index (χ1v) is 7.75. The number of H-pyrrole nitrogens is 1. The highest BCUT2D eigenvalue weighted by atomic mass is 32.1. The zero-order valence-electron chi connectivity index (χ0n) is 11.9. The number of ether oxygens (including phenoxy) is 1. The molecule has 1 amide bonds. The van der Waals surface area contributed by atoms with E-state index in [1.165, 1.54) is 17.1 Å². The van der Waals surface area contributed by atoms with Gasteiger partial charge in [0, 0.05) is 23.6 Å². The summed E-state index contributed by atoms with van der Waals surface area (Å²) in [5.74, 6) is -0.814. The second-order valence-electron chi connectivity index (χ2n) is 5.09. The Morgan fingerprint density at radius 2 is 2.32 bits per heavy atom. The molecule has 22 heavy (non-hydrogen) atoms. The molecule has 8 heteroatoms. The first-order chi connectivity index (χ1) is 10.6. The van der Waals surface area contributed by atoms with Crippen LogP contribution in [0.5, 0.6) is 0 Å². The topological polar surface area (TPSA) is 93.2 Å². The molecule has 0 aromatic carbocycles. The van der Waals surface area contributed by atoms with Gasteiger partial charge in [-0.2, -0.15) is 0 Å². The van der Waals surface area contributed by atoms with E-state index in [2.05, 4.69) is 10.4 Å². The lowest BCUT2D eigenvalue weighted by atomic mass is 9.95. The molecule has 116 valence electrons. The number of hydrogen-bond acceptors (Lipinski definition) is 5. The van der Waals surface area contributed by atoms with Crippen molar-refractivity contribution in [3.63, 3.8) is 0 Å². The summed E-state index contributed by atoms with van der Waals surface area (Å²) in [4.78, 5) is 38.3. The number of aromatic nitrogens is 2. The van der Waals surface area contributed by atoms with E-state index in [1.807, 2.05) is 11.4 Å². The van der Waals surface area contributed by atoms with Gasteiger partial charge in [-0.3, -0.25) is 20.0 Å². The minimum atomic E-state index is -0.686. The van der Waals surface area contributed by atoms with E-state index in [1.54, 1.807) is 18.3 Å². The summed E-state index contributed by atoms with van der Waals surface area (Å²) in [6.07, 6.45) is 1.76. The van der Waals surface area contributed by atoms with E-state index in [0.29, 0.717) is 6.61 Å². The van der Waals surface area contributed by atoms with Crippen LogP contribution in [0.15, 0.2) is 33.3 Å². The van der Waals surface area contributed by atoms with Crippen LogP contribution < -0.4 is 16.7 Å². The van der Waals surface area contributed by atoms with Gasteiger partial charge in [0.1, 0.15) is 0 Å². The van der Waals surface area contributed by atoms with Crippen LogP contribution in [0, 0.1) is 5.92 Å². The van der Waals surface area contributed by atoms with Gasteiger partial charge in [-0.25, -0.2) is 9.47 Å². The molecule has 2 aromatic rings. The first kappa shape index (κ1) is 14.7. The van der Waals surface area contributed by atoms with Crippen molar-refractivity contribution in [1.29, 1.82) is 0 Å². The summed E-state index contributed by atoms with van der Waals surface area (Å²) in [6, 6.07) is 3.14. The highest BCUT2D eigenvalue weighted by molar-refractivity contribution is 7.10. The van der Waals surface area contributed by atoms with Crippen molar-refractivity contribution in [2.75, 3.05) is 12.0 Å². The number of carbonyl (C=O) groups is 1. The highest BCUT2D eigenvalue weighted by Crippen LogP contribution is 2.35. The molecule has 2 N–H and O–H groups in total. The van der Waals surface area contributed by atoms with Crippen LogP contribution in [0.1, 0.15) is 23.5 Å². The third kappa shape index (κ3) is 2.75. The van der Waals surface area contributed by atoms with Gasteiger partial charge < -0.3 is 4.74 Å². The van der Waals surface area contributed by atoms with Crippen molar-refractivity contribution >= 4 is 17.2 Å². The van der Waals surface area contributed by atoms with Gasteiger partial charge >= 0.3 is 5.69 Å². The zero-order valence-corrected chi connectivity index (χ0v) is 12.7. The molecule has 0 spiro atoms. The molecule has 2 atom stereocenters. The Hall–Kier alpha value is -2.19. The molecular weight excluding hydrogens is 306 g/mol. The fourth-order valence-corrected chi connectivity index (χ4v) is 3.35. The number of hydrogen-bond donors (Lipinski definition) is 2. The van der Waals surface area contributed by atoms with Gasteiger partial charge in [-0.15, -0.1) is 11.3 Å². The molecule has 1 aliphatic rings. The van der Waals surface area contributed by atoms with Crippen LogP contribution in [0.25, 0.3) is 0 Å². The molecule has 2 aromatic heterocycles. The van der Waals surface area contributed by atoms with Gasteiger partial charge in [-0.05, 0) is 17.0 Å². The molecule has 0 saturated heterocycles. The Morgan fingerprint density at radius 1 is 1.50 bits per heavy atom. The minimum absolute atomic E-state index is 0.325. The summed E-state index contributed by atoms with van der Waals surface area (Å²) < 4.78 is 6.69.